The molecule has 0 aromatic rings. The first-order valence-electron chi connectivity index (χ1n) is 3.46. The standard InChI is InChI=1S/C7H11F4/c1-2-3-4-5-7(10,11)6(8)9/h6H,1-5H2. The van der Waals surface area contributed by atoms with E-state index in [1.165, 1.54) is 0 Å². The number of alkyl halides is 4. The molecule has 0 spiro atoms. The first kappa shape index (κ1) is 10.7. The van der Waals surface area contributed by atoms with Gasteiger partial charge < -0.3 is 0 Å². The molecule has 4 heteroatoms. The molecular formula is C7H11F4. The molecule has 1 radical (unpaired) electrons. The molecule has 0 saturated heterocycles. The first-order chi connectivity index (χ1) is 5.00. The lowest BCUT2D eigenvalue weighted by molar-refractivity contribution is -0.133. The lowest BCUT2D eigenvalue weighted by atomic mass is 10.1. The molecule has 0 aliphatic rings. The van der Waals surface area contributed by atoms with E-state index in [2.05, 4.69) is 6.92 Å². The Hall–Kier alpha value is -0.280. The fraction of sp³-hybridized carbons (Fsp3) is 0.857. The molecule has 0 aliphatic heterocycles. The second kappa shape index (κ2) is 4.57. The van der Waals surface area contributed by atoms with Gasteiger partial charge in [-0.3, -0.25) is 0 Å². The SMILES string of the molecule is [CH2]CCCCC(F)(F)C(F)F. The summed E-state index contributed by atoms with van der Waals surface area (Å²) in [6.07, 6.45) is -3.17. The number of unbranched alkanes of at least 4 members (excludes halogenated alkanes) is 2. The second-order valence-corrected chi connectivity index (χ2v) is 2.37. The third-order valence-corrected chi connectivity index (χ3v) is 1.33. The number of rotatable bonds is 5. The van der Waals surface area contributed by atoms with Crippen molar-refractivity contribution in [1.82, 2.24) is 0 Å². The Bertz CT molecular complexity index is 101. The van der Waals surface area contributed by atoms with Gasteiger partial charge in [-0.2, -0.15) is 0 Å². The minimum atomic E-state index is -3.81. The van der Waals surface area contributed by atoms with E-state index in [9.17, 15) is 17.6 Å². The van der Waals surface area contributed by atoms with E-state index in [1.807, 2.05) is 0 Å². The molecule has 0 aromatic heterocycles. The van der Waals surface area contributed by atoms with Gasteiger partial charge in [-0.1, -0.05) is 19.8 Å². The largest absolute Gasteiger partial charge is 0.307 e. The molecule has 0 bridgehead atoms. The van der Waals surface area contributed by atoms with Crippen LogP contribution in [0.2, 0.25) is 0 Å². The molecule has 0 unspecified atom stereocenters. The molecule has 0 rings (SSSR count). The van der Waals surface area contributed by atoms with Crippen LogP contribution in [0.15, 0.2) is 0 Å². The van der Waals surface area contributed by atoms with Crippen molar-refractivity contribution >= 4 is 0 Å². The molecule has 0 fully saturated rings. The fourth-order valence-corrected chi connectivity index (χ4v) is 0.647. The average molecular weight is 171 g/mol. The number of halogens is 4. The fourth-order valence-electron chi connectivity index (χ4n) is 0.647. The third-order valence-electron chi connectivity index (χ3n) is 1.33. The monoisotopic (exact) mass is 171 g/mol. The van der Waals surface area contributed by atoms with Crippen molar-refractivity contribution < 1.29 is 17.6 Å². The highest BCUT2D eigenvalue weighted by Gasteiger charge is 2.39. The van der Waals surface area contributed by atoms with Crippen LogP contribution in [-0.4, -0.2) is 12.3 Å². The molecule has 0 atom stereocenters. The Morgan fingerprint density at radius 1 is 1.18 bits per heavy atom. The van der Waals surface area contributed by atoms with Crippen molar-refractivity contribution in [3.05, 3.63) is 6.92 Å². The second-order valence-electron chi connectivity index (χ2n) is 2.37. The van der Waals surface area contributed by atoms with Crippen LogP contribution in [0, 0.1) is 6.92 Å². The first-order valence-corrected chi connectivity index (χ1v) is 3.46. The Morgan fingerprint density at radius 3 is 2.09 bits per heavy atom. The molecule has 0 amide bonds. The summed E-state index contributed by atoms with van der Waals surface area (Å²) in [5.74, 6) is -3.81. The van der Waals surface area contributed by atoms with Crippen LogP contribution in [0.25, 0.3) is 0 Å². The van der Waals surface area contributed by atoms with E-state index >= 15 is 0 Å². The van der Waals surface area contributed by atoms with Gasteiger partial charge in [-0.15, -0.1) is 0 Å². The van der Waals surface area contributed by atoms with Crippen LogP contribution >= 0.6 is 0 Å². The summed E-state index contributed by atoms with van der Waals surface area (Å²) in [7, 11) is 0. The maximum absolute atomic E-state index is 12.1. The van der Waals surface area contributed by atoms with E-state index < -0.39 is 18.8 Å². The zero-order valence-corrected chi connectivity index (χ0v) is 6.12. The van der Waals surface area contributed by atoms with Gasteiger partial charge in [-0.25, -0.2) is 17.6 Å². The smallest absolute Gasteiger partial charge is 0.204 e. The lowest BCUT2D eigenvalue weighted by Crippen LogP contribution is -2.25. The highest BCUT2D eigenvalue weighted by Crippen LogP contribution is 2.28. The summed E-state index contributed by atoms with van der Waals surface area (Å²) in [6, 6.07) is 0. The topological polar surface area (TPSA) is 0 Å². The normalized spacial score (nSPS) is 12.5. The van der Waals surface area contributed by atoms with Crippen molar-refractivity contribution in [2.24, 2.45) is 0 Å². The van der Waals surface area contributed by atoms with E-state index in [-0.39, 0.29) is 6.42 Å². The van der Waals surface area contributed by atoms with Crippen molar-refractivity contribution in [2.75, 3.05) is 0 Å². The van der Waals surface area contributed by atoms with Crippen LogP contribution < -0.4 is 0 Å². The Kier molecular flexibility index (Phi) is 4.45. The highest BCUT2D eigenvalue weighted by atomic mass is 19.3. The predicted molar refractivity (Wildman–Crippen MR) is 34.8 cm³/mol. The van der Waals surface area contributed by atoms with Crippen molar-refractivity contribution in [1.29, 1.82) is 0 Å². The predicted octanol–water partition coefficient (Wildman–Crippen LogP) is 3.28. The van der Waals surface area contributed by atoms with Gasteiger partial charge in [0.2, 0.25) is 0 Å². The molecule has 0 aliphatic carbocycles. The summed E-state index contributed by atoms with van der Waals surface area (Å²) in [5.41, 5.74) is 0. The average Bonchev–Trinajstić information content (AvgIpc) is 1.88. The molecule has 0 saturated carbocycles. The van der Waals surface area contributed by atoms with Gasteiger partial charge in [0.05, 0.1) is 0 Å². The van der Waals surface area contributed by atoms with Gasteiger partial charge >= 0.3 is 12.3 Å². The molecular weight excluding hydrogens is 160 g/mol. The zero-order valence-electron chi connectivity index (χ0n) is 6.12. The quantitative estimate of drug-likeness (QED) is 0.440. The van der Waals surface area contributed by atoms with E-state index in [0.29, 0.717) is 12.8 Å². The van der Waals surface area contributed by atoms with Gasteiger partial charge in [0, 0.05) is 6.42 Å². The Labute approximate surface area is 63.6 Å². The maximum Gasteiger partial charge on any atom is 0.307 e. The molecule has 0 N–H and O–H groups in total. The molecule has 0 aromatic carbocycles. The molecule has 0 heterocycles. The lowest BCUT2D eigenvalue weighted by Gasteiger charge is -2.13. The summed E-state index contributed by atoms with van der Waals surface area (Å²) < 4.78 is 47.1. The van der Waals surface area contributed by atoms with Gasteiger partial charge in [-0.05, 0) is 6.42 Å². The van der Waals surface area contributed by atoms with Crippen LogP contribution in [0.5, 0.6) is 0 Å². The minimum Gasteiger partial charge on any atom is -0.204 e. The van der Waals surface area contributed by atoms with E-state index in [4.69, 9.17) is 0 Å². The molecule has 11 heavy (non-hydrogen) atoms. The van der Waals surface area contributed by atoms with Crippen LogP contribution in [0.3, 0.4) is 0 Å². The molecule has 67 valence electrons. The van der Waals surface area contributed by atoms with Crippen LogP contribution in [0.4, 0.5) is 17.6 Å². The number of hydrogen-bond acceptors (Lipinski definition) is 0. The van der Waals surface area contributed by atoms with Crippen molar-refractivity contribution in [2.45, 2.75) is 38.0 Å². The van der Waals surface area contributed by atoms with Gasteiger partial charge in [0.1, 0.15) is 0 Å². The van der Waals surface area contributed by atoms with Crippen LogP contribution in [-0.2, 0) is 0 Å². The summed E-state index contributed by atoms with van der Waals surface area (Å²) in [4.78, 5) is 0. The Balaban J connectivity index is 3.55. The van der Waals surface area contributed by atoms with Crippen LogP contribution in [0.1, 0.15) is 25.7 Å². The maximum atomic E-state index is 12.1. The van der Waals surface area contributed by atoms with Crippen molar-refractivity contribution in [3.63, 3.8) is 0 Å². The molecule has 0 nitrogen and oxygen atoms in total. The minimum absolute atomic E-state index is 0.112. The number of hydrogen-bond donors (Lipinski definition) is 0. The summed E-state index contributed by atoms with van der Waals surface area (Å²) in [6.45, 7) is 3.42. The van der Waals surface area contributed by atoms with E-state index in [1.54, 1.807) is 0 Å². The highest BCUT2D eigenvalue weighted by molar-refractivity contribution is 4.68. The zero-order chi connectivity index (χ0) is 8.91. The summed E-state index contributed by atoms with van der Waals surface area (Å²) >= 11 is 0. The summed E-state index contributed by atoms with van der Waals surface area (Å²) in [5, 5.41) is 0. The van der Waals surface area contributed by atoms with E-state index in [0.717, 1.165) is 0 Å². The van der Waals surface area contributed by atoms with Crippen molar-refractivity contribution in [3.8, 4) is 0 Å². The van der Waals surface area contributed by atoms with Gasteiger partial charge in [0.15, 0.2) is 0 Å². The third kappa shape index (κ3) is 4.22. The van der Waals surface area contributed by atoms with Gasteiger partial charge in [0.25, 0.3) is 0 Å². The Morgan fingerprint density at radius 2 is 1.73 bits per heavy atom.